The maximum absolute atomic E-state index is 12.2. The van der Waals surface area contributed by atoms with Crippen LogP contribution in [0.25, 0.3) is 0 Å². The molecule has 1 saturated heterocycles. The molecule has 1 amide bonds. The van der Waals surface area contributed by atoms with E-state index in [2.05, 4.69) is 40.3 Å². The van der Waals surface area contributed by atoms with Crippen LogP contribution >= 0.6 is 9.24 Å². The molecule has 0 radical (unpaired) electrons. The van der Waals surface area contributed by atoms with Gasteiger partial charge in [-0.3, -0.25) is 9.59 Å². The van der Waals surface area contributed by atoms with Gasteiger partial charge in [0.15, 0.2) is 0 Å². The van der Waals surface area contributed by atoms with E-state index in [1.54, 1.807) is 0 Å². The van der Waals surface area contributed by atoms with Gasteiger partial charge in [-0.25, -0.2) is 0 Å². The van der Waals surface area contributed by atoms with Crippen molar-refractivity contribution >= 4 is 20.7 Å². The molecule has 2 N–H and O–H groups in total. The predicted molar refractivity (Wildman–Crippen MR) is 121 cm³/mol. The quantitative estimate of drug-likeness (QED) is 0.587. The SMILES string of the molecule is C=C(NCC1CCN(C(=O)CCC(=O)P)CC1)NC1(C)CC2CC(C)CC(C2)C1. The molecular weight excluding hydrogens is 381 g/mol. The standard InChI is InChI=1S/C23H40N3O2P/c1-16-10-19-12-20(11-16)14-23(3,13-19)25-17(2)24-15-18-6-8-26(9-7-18)21(27)4-5-22(28)29/h16,18-20,24-25H,2,4-15,29H2,1,3H3. The maximum Gasteiger partial charge on any atom is 0.223 e. The van der Waals surface area contributed by atoms with Crippen LogP contribution in [0.5, 0.6) is 0 Å². The topological polar surface area (TPSA) is 61.4 Å². The van der Waals surface area contributed by atoms with E-state index in [1.807, 2.05) is 4.90 Å². The first-order valence-corrected chi connectivity index (χ1v) is 12.1. The number of fused-ring (bicyclic) bond motifs is 2. The highest BCUT2D eigenvalue weighted by atomic mass is 31.0. The van der Waals surface area contributed by atoms with Crippen LogP contribution < -0.4 is 10.6 Å². The molecule has 0 spiro atoms. The van der Waals surface area contributed by atoms with E-state index in [9.17, 15) is 9.59 Å². The van der Waals surface area contributed by atoms with Gasteiger partial charge in [0.2, 0.25) is 5.91 Å². The number of nitrogens with zero attached hydrogens (tertiary/aromatic N) is 1. The Kier molecular flexibility index (Phi) is 7.64. The van der Waals surface area contributed by atoms with E-state index in [1.165, 1.54) is 32.1 Å². The van der Waals surface area contributed by atoms with Crippen molar-refractivity contribution in [2.45, 2.75) is 77.2 Å². The first-order chi connectivity index (χ1) is 13.7. The van der Waals surface area contributed by atoms with E-state index in [4.69, 9.17) is 0 Å². The normalized spacial score (nSPS) is 32.5. The molecule has 3 unspecified atom stereocenters. The van der Waals surface area contributed by atoms with E-state index < -0.39 is 0 Å². The monoisotopic (exact) mass is 421 g/mol. The van der Waals surface area contributed by atoms with Gasteiger partial charge in [-0.1, -0.05) is 22.7 Å². The van der Waals surface area contributed by atoms with Crippen LogP contribution in [-0.4, -0.2) is 41.5 Å². The number of piperidine rings is 1. The third-order valence-electron chi connectivity index (χ3n) is 7.23. The zero-order chi connectivity index (χ0) is 21.0. The highest BCUT2D eigenvalue weighted by Gasteiger charge is 2.41. The highest BCUT2D eigenvalue weighted by Crippen LogP contribution is 2.46. The number of likely N-dealkylation sites (tertiary alicyclic amines) is 1. The van der Waals surface area contributed by atoms with Crippen molar-refractivity contribution in [2.75, 3.05) is 19.6 Å². The number of hydrogen-bond acceptors (Lipinski definition) is 4. The Morgan fingerprint density at radius 1 is 1.10 bits per heavy atom. The van der Waals surface area contributed by atoms with Gasteiger partial charge in [0, 0.05) is 38.0 Å². The zero-order valence-electron chi connectivity index (χ0n) is 18.3. The van der Waals surface area contributed by atoms with Crippen LogP contribution in [0.2, 0.25) is 0 Å². The summed E-state index contributed by atoms with van der Waals surface area (Å²) in [7, 11) is 2.15. The first kappa shape index (κ1) is 22.6. The predicted octanol–water partition coefficient (Wildman–Crippen LogP) is 3.66. The Bertz CT molecular complexity index is 597. The molecule has 3 aliphatic rings. The Labute approximate surface area is 179 Å². The molecule has 2 aliphatic carbocycles. The van der Waals surface area contributed by atoms with Gasteiger partial charge in [-0.2, -0.15) is 0 Å². The summed E-state index contributed by atoms with van der Waals surface area (Å²) in [5.74, 6) is 4.27. The number of rotatable bonds is 8. The van der Waals surface area contributed by atoms with E-state index in [0.717, 1.165) is 56.1 Å². The molecule has 0 aromatic carbocycles. The van der Waals surface area contributed by atoms with Gasteiger partial charge in [0.1, 0.15) is 5.52 Å². The molecule has 1 heterocycles. The van der Waals surface area contributed by atoms with Crippen LogP contribution in [0.15, 0.2) is 12.4 Å². The summed E-state index contributed by atoms with van der Waals surface area (Å²) in [6.07, 6.45) is 9.40. The Balaban J connectivity index is 1.36. The second-order valence-corrected chi connectivity index (χ2v) is 10.9. The van der Waals surface area contributed by atoms with Crippen molar-refractivity contribution in [3.05, 3.63) is 12.4 Å². The van der Waals surface area contributed by atoms with Crippen molar-refractivity contribution in [3.63, 3.8) is 0 Å². The molecule has 5 nitrogen and oxygen atoms in total. The van der Waals surface area contributed by atoms with Crippen LogP contribution in [0.4, 0.5) is 0 Å². The van der Waals surface area contributed by atoms with Gasteiger partial charge in [0.25, 0.3) is 0 Å². The summed E-state index contributed by atoms with van der Waals surface area (Å²) in [5, 5.41) is 7.26. The largest absolute Gasteiger partial charge is 0.372 e. The summed E-state index contributed by atoms with van der Waals surface area (Å²) in [6.45, 7) is 11.6. The number of carbonyl (C=O) groups is 2. The lowest BCUT2D eigenvalue weighted by atomic mass is 9.62. The van der Waals surface area contributed by atoms with Crippen LogP contribution in [-0.2, 0) is 9.59 Å². The summed E-state index contributed by atoms with van der Waals surface area (Å²) in [6, 6.07) is 0. The third kappa shape index (κ3) is 6.70. The van der Waals surface area contributed by atoms with Crippen molar-refractivity contribution in [1.82, 2.24) is 15.5 Å². The molecule has 164 valence electrons. The van der Waals surface area contributed by atoms with Crippen LogP contribution in [0.3, 0.4) is 0 Å². The van der Waals surface area contributed by atoms with Gasteiger partial charge in [-0.15, -0.1) is 0 Å². The fourth-order valence-corrected chi connectivity index (χ4v) is 6.29. The average Bonchev–Trinajstić information content (AvgIpc) is 2.63. The maximum atomic E-state index is 12.2. The van der Waals surface area contributed by atoms with Gasteiger partial charge < -0.3 is 15.5 Å². The van der Waals surface area contributed by atoms with Gasteiger partial charge in [0.05, 0.1) is 5.82 Å². The number of hydrogen-bond donors (Lipinski definition) is 2. The molecule has 6 heteroatoms. The van der Waals surface area contributed by atoms with Crippen molar-refractivity contribution in [1.29, 1.82) is 0 Å². The second-order valence-electron chi connectivity index (χ2n) is 10.3. The third-order valence-corrected chi connectivity index (χ3v) is 7.51. The van der Waals surface area contributed by atoms with Gasteiger partial charge >= 0.3 is 0 Å². The lowest BCUT2D eigenvalue weighted by Crippen LogP contribution is -2.52. The van der Waals surface area contributed by atoms with Crippen molar-refractivity contribution < 1.29 is 9.59 Å². The van der Waals surface area contributed by atoms with Crippen molar-refractivity contribution in [2.24, 2.45) is 23.7 Å². The summed E-state index contributed by atoms with van der Waals surface area (Å²) in [4.78, 5) is 25.1. The van der Waals surface area contributed by atoms with E-state index >= 15 is 0 Å². The lowest BCUT2D eigenvalue weighted by Gasteiger charge is -2.48. The minimum atomic E-state index is 0.00764. The summed E-state index contributed by atoms with van der Waals surface area (Å²) >= 11 is 0. The number of amides is 1. The molecular formula is C23H40N3O2P. The van der Waals surface area contributed by atoms with E-state index in [0.29, 0.717) is 18.8 Å². The Morgan fingerprint density at radius 3 is 2.31 bits per heavy atom. The minimum Gasteiger partial charge on any atom is -0.372 e. The molecule has 2 saturated carbocycles. The average molecular weight is 422 g/mol. The Hall–Kier alpha value is -1.09. The second kappa shape index (κ2) is 9.81. The molecule has 3 fully saturated rings. The molecule has 0 aromatic heterocycles. The lowest BCUT2D eigenvalue weighted by molar-refractivity contribution is -0.133. The fourth-order valence-electron chi connectivity index (χ4n) is 6.14. The first-order valence-electron chi connectivity index (χ1n) is 11.5. The van der Waals surface area contributed by atoms with Crippen LogP contribution in [0, 0.1) is 23.7 Å². The summed E-state index contributed by atoms with van der Waals surface area (Å²) < 4.78 is 0. The molecule has 1 aliphatic heterocycles. The number of nitrogens with one attached hydrogen (secondary N) is 2. The zero-order valence-corrected chi connectivity index (χ0v) is 19.5. The van der Waals surface area contributed by atoms with Gasteiger partial charge in [-0.05, 0) is 75.5 Å². The van der Waals surface area contributed by atoms with E-state index in [-0.39, 0.29) is 17.0 Å². The molecule has 3 rings (SSSR count). The molecule has 2 bridgehead atoms. The Morgan fingerprint density at radius 2 is 1.72 bits per heavy atom. The fraction of sp³-hybridized carbons (Fsp3) is 0.826. The number of carbonyl (C=O) groups excluding carboxylic acids is 2. The molecule has 0 aromatic rings. The summed E-state index contributed by atoms with van der Waals surface area (Å²) in [5.41, 5.74) is 0.177. The minimum absolute atomic E-state index is 0.00764. The highest BCUT2D eigenvalue weighted by molar-refractivity contribution is 7.40. The molecule has 3 atom stereocenters. The molecule has 29 heavy (non-hydrogen) atoms. The smallest absolute Gasteiger partial charge is 0.223 e. The van der Waals surface area contributed by atoms with Crippen LogP contribution in [0.1, 0.15) is 71.6 Å². The van der Waals surface area contributed by atoms with Crippen molar-refractivity contribution in [3.8, 4) is 0 Å².